The number of amides is 1. The van der Waals surface area contributed by atoms with Crippen LogP contribution in [0.5, 0.6) is 0 Å². The van der Waals surface area contributed by atoms with E-state index in [9.17, 15) is 9.59 Å². The molecule has 1 amide bonds. The third-order valence-corrected chi connectivity index (χ3v) is 4.07. The Labute approximate surface area is 116 Å². The summed E-state index contributed by atoms with van der Waals surface area (Å²) in [6.45, 7) is 9.40. The first-order valence-corrected chi connectivity index (χ1v) is 7.50. The highest BCUT2D eigenvalue weighted by atomic mass is 16.2. The Morgan fingerprint density at radius 2 is 2.05 bits per heavy atom. The first kappa shape index (κ1) is 16.2. The van der Waals surface area contributed by atoms with E-state index in [4.69, 9.17) is 0 Å². The van der Waals surface area contributed by atoms with E-state index in [0.717, 1.165) is 38.8 Å². The number of Topliss-reactive ketones (excluding diaryl/α,β-unsaturated/α-hetero) is 1. The number of rotatable bonds is 6. The highest BCUT2D eigenvalue weighted by molar-refractivity contribution is 5.82. The number of hydrogen-bond acceptors (Lipinski definition) is 3. The van der Waals surface area contributed by atoms with Crippen LogP contribution in [0.25, 0.3) is 0 Å². The van der Waals surface area contributed by atoms with Gasteiger partial charge in [-0.3, -0.25) is 14.5 Å². The molecule has 0 aromatic carbocycles. The second-order valence-corrected chi connectivity index (χ2v) is 5.82. The molecule has 1 saturated heterocycles. The molecule has 0 saturated carbocycles. The predicted molar refractivity (Wildman–Crippen MR) is 77.0 cm³/mol. The van der Waals surface area contributed by atoms with Gasteiger partial charge in [-0.05, 0) is 46.6 Å². The van der Waals surface area contributed by atoms with Crippen molar-refractivity contribution in [3.05, 3.63) is 0 Å². The highest BCUT2D eigenvalue weighted by Gasteiger charge is 2.29. The molecule has 19 heavy (non-hydrogen) atoms. The summed E-state index contributed by atoms with van der Waals surface area (Å²) < 4.78 is 0. The monoisotopic (exact) mass is 268 g/mol. The van der Waals surface area contributed by atoms with E-state index in [1.54, 1.807) is 6.92 Å². The van der Waals surface area contributed by atoms with Gasteiger partial charge in [-0.15, -0.1) is 0 Å². The van der Waals surface area contributed by atoms with Crippen LogP contribution in [-0.4, -0.2) is 41.8 Å². The lowest BCUT2D eigenvalue weighted by Gasteiger charge is -2.35. The number of piperidine rings is 1. The van der Waals surface area contributed by atoms with Crippen LogP contribution in [0, 0.1) is 5.92 Å². The minimum atomic E-state index is -0.138. The van der Waals surface area contributed by atoms with Crippen molar-refractivity contribution in [1.82, 2.24) is 10.2 Å². The van der Waals surface area contributed by atoms with Crippen molar-refractivity contribution in [1.29, 1.82) is 0 Å². The zero-order chi connectivity index (χ0) is 14.4. The maximum atomic E-state index is 12.2. The summed E-state index contributed by atoms with van der Waals surface area (Å²) in [5.41, 5.74) is 0. The number of ketones is 1. The molecule has 0 aromatic rings. The third kappa shape index (κ3) is 4.94. The number of carbonyl (C=O) groups is 2. The SMILES string of the molecule is CCCC(C)NC(=O)C(C)N1CCCC(C(C)=O)C1. The fourth-order valence-corrected chi connectivity index (χ4v) is 2.72. The second kappa shape index (κ2) is 7.63. The topological polar surface area (TPSA) is 49.4 Å². The van der Waals surface area contributed by atoms with Gasteiger partial charge in [0.25, 0.3) is 0 Å². The lowest BCUT2D eigenvalue weighted by Crippen LogP contribution is -2.51. The number of nitrogens with one attached hydrogen (secondary N) is 1. The van der Waals surface area contributed by atoms with Crippen LogP contribution in [0.4, 0.5) is 0 Å². The van der Waals surface area contributed by atoms with Gasteiger partial charge in [0.05, 0.1) is 6.04 Å². The first-order valence-electron chi connectivity index (χ1n) is 7.50. The zero-order valence-corrected chi connectivity index (χ0v) is 12.7. The summed E-state index contributed by atoms with van der Waals surface area (Å²) in [6, 6.07) is 0.0924. The van der Waals surface area contributed by atoms with Crippen molar-refractivity contribution in [3.8, 4) is 0 Å². The fourth-order valence-electron chi connectivity index (χ4n) is 2.72. The van der Waals surface area contributed by atoms with Gasteiger partial charge in [-0.25, -0.2) is 0 Å². The number of hydrogen-bond donors (Lipinski definition) is 1. The first-order chi connectivity index (χ1) is 8.95. The highest BCUT2D eigenvalue weighted by Crippen LogP contribution is 2.19. The number of likely N-dealkylation sites (tertiary alicyclic amines) is 1. The van der Waals surface area contributed by atoms with Crippen LogP contribution in [0.3, 0.4) is 0 Å². The van der Waals surface area contributed by atoms with Gasteiger partial charge in [0.15, 0.2) is 0 Å². The van der Waals surface area contributed by atoms with Gasteiger partial charge >= 0.3 is 0 Å². The number of carbonyl (C=O) groups excluding carboxylic acids is 2. The van der Waals surface area contributed by atoms with E-state index >= 15 is 0 Å². The van der Waals surface area contributed by atoms with Crippen molar-refractivity contribution in [2.75, 3.05) is 13.1 Å². The predicted octanol–water partition coefficient (Wildman–Crippen LogP) is 1.98. The van der Waals surface area contributed by atoms with Crippen molar-refractivity contribution in [2.24, 2.45) is 5.92 Å². The quantitative estimate of drug-likeness (QED) is 0.801. The molecule has 4 heteroatoms. The van der Waals surface area contributed by atoms with Crippen molar-refractivity contribution in [2.45, 2.75) is 65.5 Å². The Hall–Kier alpha value is -0.900. The van der Waals surface area contributed by atoms with E-state index in [1.165, 1.54) is 0 Å². The summed E-state index contributed by atoms with van der Waals surface area (Å²) in [7, 11) is 0. The summed E-state index contributed by atoms with van der Waals surface area (Å²) in [5.74, 6) is 0.443. The van der Waals surface area contributed by atoms with Gasteiger partial charge in [0, 0.05) is 18.5 Å². The molecule has 110 valence electrons. The largest absolute Gasteiger partial charge is 0.352 e. The maximum Gasteiger partial charge on any atom is 0.237 e. The summed E-state index contributed by atoms with van der Waals surface area (Å²) >= 11 is 0. The minimum Gasteiger partial charge on any atom is -0.352 e. The van der Waals surface area contributed by atoms with Crippen molar-refractivity contribution in [3.63, 3.8) is 0 Å². The smallest absolute Gasteiger partial charge is 0.237 e. The second-order valence-electron chi connectivity index (χ2n) is 5.82. The zero-order valence-electron chi connectivity index (χ0n) is 12.7. The van der Waals surface area contributed by atoms with Crippen LogP contribution in [0.1, 0.15) is 53.4 Å². The minimum absolute atomic E-state index is 0.0881. The molecule has 0 aliphatic carbocycles. The Balaban J connectivity index is 2.49. The molecule has 1 aliphatic heterocycles. The molecule has 0 radical (unpaired) electrons. The molecule has 1 fully saturated rings. The molecular formula is C15H28N2O2. The lowest BCUT2D eigenvalue weighted by atomic mass is 9.93. The molecular weight excluding hydrogens is 240 g/mol. The number of nitrogens with zero attached hydrogens (tertiary/aromatic N) is 1. The molecule has 1 heterocycles. The Morgan fingerprint density at radius 1 is 1.37 bits per heavy atom. The molecule has 1 N–H and O–H groups in total. The van der Waals surface area contributed by atoms with Gasteiger partial charge in [-0.2, -0.15) is 0 Å². The van der Waals surface area contributed by atoms with Gasteiger partial charge in [0.2, 0.25) is 5.91 Å². The van der Waals surface area contributed by atoms with Crippen molar-refractivity contribution < 1.29 is 9.59 Å². The Kier molecular flexibility index (Phi) is 6.49. The lowest BCUT2D eigenvalue weighted by molar-refractivity contribution is -0.129. The average Bonchev–Trinajstić information content (AvgIpc) is 2.38. The summed E-state index contributed by atoms with van der Waals surface area (Å²) in [5, 5.41) is 3.06. The average molecular weight is 268 g/mol. The summed E-state index contributed by atoms with van der Waals surface area (Å²) in [6.07, 6.45) is 4.05. The van der Waals surface area contributed by atoms with Gasteiger partial charge < -0.3 is 5.32 Å². The van der Waals surface area contributed by atoms with Crippen molar-refractivity contribution >= 4 is 11.7 Å². The molecule has 0 aromatic heterocycles. The molecule has 1 aliphatic rings. The van der Waals surface area contributed by atoms with Crippen LogP contribution < -0.4 is 5.32 Å². The van der Waals surface area contributed by atoms with Gasteiger partial charge in [0.1, 0.15) is 5.78 Å². The maximum absolute atomic E-state index is 12.2. The summed E-state index contributed by atoms with van der Waals surface area (Å²) in [4.78, 5) is 25.8. The Bertz CT molecular complexity index is 317. The van der Waals surface area contributed by atoms with E-state index in [2.05, 4.69) is 17.1 Å². The van der Waals surface area contributed by atoms with Crippen LogP contribution in [0.2, 0.25) is 0 Å². The molecule has 0 bridgehead atoms. The normalized spacial score (nSPS) is 23.7. The molecule has 1 rings (SSSR count). The van der Waals surface area contributed by atoms with E-state index in [0.29, 0.717) is 0 Å². The van der Waals surface area contributed by atoms with E-state index in [-0.39, 0.29) is 29.7 Å². The molecule has 3 unspecified atom stereocenters. The molecule has 4 nitrogen and oxygen atoms in total. The Morgan fingerprint density at radius 3 is 2.63 bits per heavy atom. The fraction of sp³-hybridized carbons (Fsp3) is 0.867. The van der Waals surface area contributed by atoms with E-state index < -0.39 is 0 Å². The van der Waals surface area contributed by atoms with Crippen LogP contribution in [-0.2, 0) is 9.59 Å². The molecule has 0 spiro atoms. The molecule has 3 atom stereocenters. The van der Waals surface area contributed by atoms with E-state index in [1.807, 2.05) is 13.8 Å². The third-order valence-electron chi connectivity index (χ3n) is 4.07. The van der Waals surface area contributed by atoms with Crippen LogP contribution in [0.15, 0.2) is 0 Å². The van der Waals surface area contributed by atoms with Crippen LogP contribution >= 0.6 is 0 Å². The standard InChI is InChI=1S/C15H28N2O2/c1-5-7-11(2)16-15(19)12(3)17-9-6-8-14(10-17)13(4)18/h11-12,14H,5-10H2,1-4H3,(H,16,19). The van der Waals surface area contributed by atoms with Gasteiger partial charge in [-0.1, -0.05) is 13.3 Å².